The Kier molecular flexibility index (Phi) is 5.51. The molecule has 1 unspecified atom stereocenters. The largest absolute Gasteiger partial charge is 0.338 e. The first kappa shape index (κ1) is 11.3. The quantitative estimate of drug-likeness (QED) is 0.666. The Morgan fingerprint density at radius 3 is 2.33 bits per heavy atom. The van der Waals surface area contributed by atoms with Crippen LogP contribution < -0.4 is 10.6 Å². The minimum atomic E-state index is -0.0574. The maximum Gasteiger partial charge on any atom is 0.315 e. The normalized spacial score (nSPS) is 12.8. The van der Waals surface area contributed by atoms with Gasteiger partial charge in [0.1, 0.15) is 0 Å². The van der Waals surface area contributed by atoms with Crippen molar-refractivity contribution in [1.82, 2.24) is 10.6 Å². The molecule has 0 aromatic carbocycles. The van der Waals surface area contributed by atoms with Crippen molar-refractivity contribution >= 4 is 6.03 Å². The van der Waals surface area contributed by atoms with Crippen LogP contribution >= 0.6 is 0 Å². The van der Waals surface area contributed by atoms with Crippen molar-refractivity contribution in [3.63, 3.8) is 0 Å². The first-order chi connectivity index (χ1) is 5.57. The van der Waals surface area contributed by atoms with E-state index in [1.807, 2.05) is 13.8 Å². The van der Waals surface area contributed by atoms with Gasteiger partial charge in [-0.05, 0) is 19.3 Å². The first-order valence-corrected chi connectivity index (χ1v) is 4.62. The Hall–Kier alpha value is -0.730. The van der Waals surface area contributed by atoms with E-state index in [4.69, 9.17) is 0 Å². The van der Waals surface area contributed by atoms with Gasteiger partial charge in [-0.1, -0.05) is 20.8 Å². The molecule has 0 aliphatic heterocycles. The zero-order valence-corrected chi connectivity index (χ0v) is 8.48. The summed E-state index contributed by atoms with van der Waals surface area (Å²) in [5.41, 5.74) is 0. The van der Waals surface area contributed by atoms with Crippen molar-refractivity contribution in [3.05, 3.63) is 0 Å². The third-order valence-corrected chi connectivity index (χ3v) is 1.89. The van der Waals surface area contributed by atoms with E-state index in [1.165, 1.54) is 0 Å². The molecule has 0 aromatic heterocycles. The second-order valence-electron chi connectivity index (χ2n) is 3.43. The average Bonchev–Trinajstić information content (AvgIpc) is 2.00. The van der Waals surface area contributed by atoms with Gasteiger partial charge in [0.25, 0.3) is 0 Å². The predicted octanol–water partition coefficient (Wildman–Crippen LogP) is 1.74. The summed E-state index contributed by atoms with van der Waals surface area (Å²) < 4.78 is 0. The van der Waals surface area contributed by atoms with Gasteiger partial charge in [0.2, 0.25) is 0 Å². The molecule has 72 valence electrons. The fraction of sp³-hybridized carbons (Fsp3) is 0.889. The number of nitrogens with one attached hydrogen (secondary N) is 2. The fourth-order valence-corrected chi connectivity index (χ4v) is 0.663. The van der Waals surface area contributed by atoms with E-state index in [0.29, 0.717) is 5.92 Å². The van der Waals surface area contributed by atoms with E-state index in [9.17, 15) is 4.79 Å². The molecule has 0 rings (SSSR count). The Bertz CT molecular complexity index is 134. The van der Waals surface area contributed by atoms with E-state index in [-0.39, 0.29) is 12.1 Å². The van der Waals surface area contributed by atoms with Gasteiger partial charge in [0, 0.05) is 12.6 Å². The molecule has 2 amide bonds. The lowest BCUT2D eigenvalue weighted by molar-refractivity contribution is 0.234. The van der Waals surface area contributed by atoms with Gasteiger partial charge in [-0.3, -0.25) is 0 Å². The smallest absolute Gasteiger partial charge is 0.315 e. The van der Waals surface area contributed by atoms with Gasteiger partial charge in [-0.2, -0.15) is 0 Å². The molecule has 0 heterocycles. The SMILES string of the molecule is CCCNC(=O)NC(C)C(C)C. The molecule has 0 aromatic rings. The molecule has 0 aliphatic carbocycles. The van der Waals surface area contributed by atoms with Crippen LogP contribution in [0.1, 0.15) is 34.1 Å². The van der Waals surface area contributed by atoms with E-state index in [0.717, 1.165) is 13.0 Å². The number of hydrogen-bond donors (Lipinski definition) is 2. The molecule has 0 fully saturated rings. The van der Waals surface area contributed by atoms with Gasteiger partial charge in [0.15, 0.2) is 0 Å². The second kappa shape index (κ2) is 5.86. The molecule has 12 heavy (non-hydrogen) atoms. The highest BCUT2D eigenvalue weighted by Gasteiger charge is 2.08. The lowest BCUT2D eigenvalue weighted by atomic mass is 10.1. The lowest BCUT2D eigenvalue weighted by Crippen LogP contribution is -2.43. The molecule has 0 spiro atoms. The molecule has 0 bridgehead atoms. The van der Waals surface area contributed by atoms with Gasteiger partial charge >= 0.3 is 6.03 Å². The number of carbonyl (C=O) groups excluding carboxylic acids is 1. The number of carbonyl (C=O) groups is 1. The Balaban J connectivity index is 3.54. The van der Waals surface area contributed by atoms with Crippen LogP contribution in [0.5, 0.6) is 0 Å². The monoisotopic (exact) mass is 172 g/mol. The topological polar surface area (TPSA) is 41.1 Å². The zero-order valence-electron chi connectivity index (χ0n) is 8.48. The van der Waals surface area contributed by atoms with Crippen LogP contribution in [0.3, 0.4) is 0 Å². The van der Waals surface area contributed by atoms with Gasteiger partial charge in [-0.15, -0.1) is 0 Å². The summed E-state index contributed by atoms with van der Waals surface area (Å²) >= 11 is 0. The van der Waals surface area contributed by atoms with Crippen LogP contribution in [-0.2, 0) is 0 Å². The predicted molar refractivity (Wildman–Crippen MR) is 51.1 cm³/mol. The average molecular weight is 172 g/mol. The summed E-state index contributed by atoms with van der Waals surface area (Å²) in [6.45, 7) is 8.97. The summed E-state index contributed by atoms with van der Waals surface area (Å²) in [5.74, 6) is 0.484. The van der Waals surface area contributed by atoms with Crippen molar-refractivity contribution in [2.24, 2.45) is 5.92 Å². The molecule has 1 atom stereocenters. The van der Waals surface area contributed by atoms with Crippen LogP contribution in [-0.4, -0.2) is 18.6 Å². The van der Waals surface area contributed by atoms with Gasteiger partial charge in [-0.25, -0.2) is 4.79 Å². The minimum Gasteiger partial charge on any atom is -0.338 e. The number of amides is 2. The number of rotatable bonds is 4. The molecular weight excluding hydrogens is 152 g/mol. The maximum atomic E-state index is 11.1. The Labute approximate surface area is 74.9 Å². The maximum absolute atomic E-state index is 11.1. The minimum absolute atomic E-state index is 0.0574. The van der Waals surface area contributed by atoms with Crippen LogP contribution in [0.25, 0.3) is 0 Å². The third kappa shape index (κ3) is 4.99. The highest BCUT2D eigenvalue weighted by atomic mass is 16.2. The fourth-order valence-electron chi connectivity index (χ4n) is 0.663. The number of urea groups is 1. The van der Waals surface area contributed by atoms with Crippen molar-refractivity contribution in [2.45, 2.75) is 40.2 Å². The zero-order chi connectivity index (χ0) is 9.56. The summed E-state index contributed by atoms with van der Waals surface area (Å²) in [7, 11) is 0. The third-order valence-electron chi connectivity index (χ3n) is 1.89. The molecule has 0 saturated heterocycles. The van der Waals surface area contributed by atoms with E-state index in [2.05, 4.69) is 24.5 Å². The van der Waals surface area contributed by atoms with Crippen LogP contribution in [0.15, 0.2) is 0 Å². The first-order valence-electron chi connectivity index (χ1n) is 4.62. The van der Waals surface area contributed by atoms with E-state index in [1.54, 1.807) is 0 Å². The molecule has 3 nitrogen and oxygen atoms in total. The van der Waals surface area contributed by atoms with Gasteiger partial charge in [0.05, 0.1) is 0 Å². The lowest BCUT2D eigenvalue weighted by Gasteiger charge is -2.17. The summed E-state index contributed by atoms with van der Waals surface area (Å²) in [6, 6.07) is 0.180. The summed E-state index contributed by atoms with van der Waals surface area (Å²) in [6.07, 6.45) is 0.976. The highest BCUT2D eigenvalue weighted by Crippen LogP contribution is 1.98. The van der Waals surface area contributed by atoms with E-state index >= 15 is 0 Å². The van der Waals surface area contributed by atoms with Crippen molar-refractivity contribution in [2.75, 3.05) is 6.54 Å². The van der Waals surface area contributed by atoms with Crippen LogP contribution in [0.2, 0.25) is 0 Å². The Morgan fingerprint density at radius 1 is 1.33 bits per heavy atom. The number of hydrogen-bond acceptors (Lipinski definition) is 1. The molecule has 3 heteroatoms. The Morgan fingerprint density at radius 2 is 1.92 bits per heavy atom. The van der Waals surface area contributed by atoms with Crippen molar-refractivity contribution in [1.29, 1.82) is 0 Å². The van der Waals surface area contributed by atoms with Gasteiger partial charge < -0.3 is 10.6 Å². The molecule has 0 saturated carbocycles. The van der Waals surface area contributed by atoms with Crippen LogP contribution in [0, 0.1) is 5.92 Å². The molecule has 0 radical (unpaired) electrons. The molecular formula is C9H20N2O. The standard InChI is InChI=1S/C9H20N2O/c1-5-6-10-9(12)11-8(4)7(2)3/h7-8H,5-6H2,1-4H3,(H2,10,11,12). The highest BCUT2D eigenvalue weighted by molar-refractivity contribution is 5.74. The van der Waals surface area contributed by atoms with Crippen molar-refractivity contribution < 1.29 is 4.79 Å². The molecule has 0 aliphatic rings. The van der Waals surface area contributed by atoms with Crippen LogP contribution in [0.4, 0.5) is 4.79 Å². The van der Waals surface area contributed by atoms with E-state index < -0.39 is 0 Å². The second-order valence-corrected chi connectivity index (χ2v) is 3.43. The summed E-state index contributed by atoms with van der Waals surface area (Å²) in [4.78, 5) is 11.1. The molecule has 2 N–H and O–H groups in total. The van der Waals surface area contributed by atoms with Crippen molar-refractivity contribution in [3.8, 4) is 0 Å². The summed E-state index contributed by atoms with van der Waals surface area (Å²) in [5, 5.41) is 5.63.